The van der Waals surface area contributed by atoms with Gasteiger partial charge in [0.1, 0.15) is 11.2 Å². The molecule has 0 aliphatic heterocycles. The van der Waals surface area contributed by atoms with Gasteiger partial charge in [0, 0.05) is 21.9 Å². The topological polar surface area (TPSA) is 51.8 Å². The highest BCUT2D eigenvalue weighted by Crippen LogP contribution is 2.46. The Labute approximate surface area is 373 Å². The van der Waals surface area contributed by atoms with Crippen LogP contribution in [-0.2, 0) is 0 Å². The number of para-hydroxylation sites is 2. The summed E-state index contributed by atoms with van der Waals surface area (Å²) < 4.78 is 6.53. The van der Waals surface area contributed by atoms with Crippen LogP contribution in [0.3, 0.4) is 0 Å². The summed E-state index contributed by atoms with van der Waals surface area (Å²) in [4.78, 5) is 15.7. The fourth-order valence-electron chi connectivity index (χ4n) is 10.6. The predicted molar refractivity (Wildman–Crippen MR) is 271 cm³/mol. The molecule has 4 nitrogen and oxygen atoms in total. The molecule has 2 heterocycles. The average molecular weight is 826 g/mol. The van der Waals surface area contributed by atoms with Gasteiger partial charge in [0.25, 0.3) is 0 Å². The molecule has 2 aromatic heterocycles. The van der Waals surface area contributed by atoms with E-state index in [-0.39, 0.29) is 0 Å². The standard InChI is InChI=1S/C61H35N3O/c1-2-14-39(15-3-1)59-62-60(64-61(63-59)51-28-13-27-49-45-22-8-9-29-53(45)65-58(49)51)50-23-7-6-21-44(50)43-20-5-4-19-42(43)41-34-40-33-32-38-17-11-25-47-46-24-10-16-36-30-31-37-18-12-26-48(56(37)54(36)46)52(35-41)57(40)55(38)47/h1-35H. The molecule has 300 valence electrons. The summed E-state index contributed by atoms with van der Waals surface area (Å²) >= 11 is 0. The molecule has 0 spiro atoms. The maximum absolute atomic E-state index is 6.53. The molecule has 4 heteroatoms. The number of furan rings is 1. The fraction of sp³-hybridized carbons (Fsp3) is 0. The summed E-state index contributed by atoms with van der Waals surface area (Å²) in [7, 11) is 0. The van der Waals surface area contributed by atoms with Crippen LogP contribution in [0.4, 0.5) is 0 Å². The lowest BCUT2D eigenvalue weighted by atomic mass is 9.85. The molecule has 0 saturated heterocycles. The van der Waals surface area contributed by atoms with E-state index in [0.717, 1.165) is 60.9 Å². The molecule has 14 aromatic rings. The number of nitrogens with zero attached hydrogens (tertiary/aromatic N) is 3. The largest absolute Gasteiger partial charge is 0.455 e. The van der Waals surface area contributed by atoms with Crippen molar-refractivity contribution in [2.45, 2.75) is 0 Å². The van der Waals surface area contributed by atoms with Gasteiger partial charge < -0.3 is 4.42 Å². The summed E-state index contributed by atoms with van der Waals surface area (Å²) in [6.07, 6.45) is 0. The van der Waals surface area contributed by atoms with Gasteiger partial charge in [-0.2, -0.15) is 0 Å². The van der Waals surface area contributed by atoms with Gasteiger partial charge in [-0.3, -0.25) is 0 Å². The molecule has 12 aromatic carbocycles. The Kier molecular flexibility index (Phi) is 7.65. The van der Waals surface area contributed by atoms with Gasteiger partial charge in [-0.25, -0.2) is 15.0 Å². The minimum absolute atomic E-state index is 0.555. The van der Waals surface area contributed by atoms with E-state index in [1.54, 1.807) is 0 Å². The molecule has 0 N–H and O–H groups in total. The average Bonchev–Trinajstić information content (AvgIpc) is 3.76. The second-order valence-corrected chi connectivity index (χ2v) is 17.0. The molecule has 0 radical (unpaired) electrons. The summed E-state index contributed by atoms with van der Waals surface area (Å²) in [5.41, 5.74) is 8.62. The van der Waals surface area contributed by atoms with Gasteiger partial charge in [0.15, 0.2) is 17.5 Å². The number of fused-ring (bicyclic) bond motifs is 5. The smallest absolute Gasteiger partial charge is 0.167 e. The Morgan fingerprint density at radius 1 is 0.262 bits per heavy atom. The van der Waals surface area contributed by atoms with Crippen LogP contribution >= 0.6 is 0 Å². The maximum atomic E-state index is 6.53. The first kappa shape index (κ1) is 35.8. The third kappa shape index (κ3) is 5.41. The quantitative estimate of drug-likeness (QED) is 0.162. The van der Waals surface area contributed by atoms with Crippen molar-refractivity contribution in [3.8, 4) is 56.4 Å². The van der Waals surface area contributed by atoms with Crippen molar-refractivity contribution in [1.29, 1.82) is 0 Å². The number of benzene rings is 11. The second-order valence-electron chi connectivity index (χ2n) is 17.0. The number of hydrogen-bond donors (Lipinski definition) is 0. The Bertz CT molecular complexity index is 4240. The van der Waals surface area contributed by atoms with Crippen LogP contribution < -0.4 is 0 Å². The van der Waals surface area contributed by atoms with E-state index in [1.807, 2.05) is 54.6 Å². The second kappa shape index (κ2) is 13.9. The lowest BCUT2D eigenvalue weighted by molar-refractivity contribution is 0.669. The predicted octanol–water partition coefficient (Wildman–Crippen LogP) is 16.5. The summed E-state index contributed by atoms with van der Waals surface area (Å²) in [6.45, 7) is 0. The number of hydrogen-bond acceptors (Lipinski definition) is 4. The van der Waals surface area contributed by atoms with E-state index in [1.165, 1.54) is 64.6 Å². The van der Waals surface area contributed by atoms with E-state index >= 15 is 0 Å². The van der Waals surface area contributed by atoms with E-state index in [0.29, 0.717) is 17.5 Å². The van der Waals surface area contributed by atoms with Crippen LogP contribution in [0.15, 0.2) is 217 Å². The van der Waals surface area contributed by atoms with Crippen molar-refractivity contribution in [1.82, 2.24) is 15.0 Å². The monoisotopic (exact) mass is 825 g/mol. The molecule has 14 rings (SSSR count). The summed E-state index contributed by atoms with van der Waals surface area (Å²) in [5, 5.41) is 17.2. The molecular formula is C61H35N3O. The fourth-order valence-corrected chi connectivity index (χ4v) is 10.6. The maximum Gasteiger partial charge on any atom is 0.167 e. The minimum atomic E-state index is 0.555. The van der Waals surface area contributed by atoms with E-state index in [2.05, 4.69) is 158 Å². The lowest BCUT2D eigenvalue weighted by Gasteiger charge is -2.18. The van der Waals surface area contributed by atoms with Gasteiger partial charge in [-0.15, -0.1) is 0 Å². The minimum Gasteiger partial charge on any atom is -0.455 e. The first-order valence-electron chi connectivity index (χ1n) is 22.1. The van der Waals surface area contributed by atoms with Gasteiger partial charge in [-0.1, -0.05) is 188 Å². The van der Waals surface area contributed by atoms with Crippen molar-refractivity contribution in [3.05, 3.63) is 212 Å². The van der Waals surface area contributed by atoms with Crippen molar-refractivity contribution in [2.75, 3.05) is 0 Å². The van der Waals surface area contributed by atoms with Gasteiger partial charge >= 0.3 is 0 Å². The van der Waals surface area contributed by atoms with Crippen molar-refractivity contribution in [2.24, 2.45) is 0 Å². The van der Waals surface area contributed by atoms with Crippen molar-refractivity contribution in [3.63, 3.8) is 0 Å². The Balaban J connectivity index is 1.02. The zero-order chi connectivity index (χ0) is 42.6. The lowest BCUT2D eigenvalue weighted by Crippen LogP contribution is -2.01. The highest BCUT2D eigenvalue weighted by Gasteiger charge is 2.22. The molecule has 65 heavy (non-hydrogen) atoms. The molecule has 0 unspecified atom stereocenters. The van der Waals surface area contributed by atoms with Gasteiger partial charge in [0.2, 0.25) is 0 Å². The molecule has 0 atom stereocenters. The SMILES string of the molecule is c1ccc(-c2nc(-c3ccccc3-c3ccccc3-c3cc4ccc5cccc6c7cccc8ccc9cccc(c(c3)c4c56)c9c87)nc(-c3cccc4c3oc3ccccc34)n2)cc1. The zero-order valence-corrected chi connectivity index (χ0v) is 35.0. The van der Waals surface area contributed by atoms with Crippen LogP contribution in [0.1, 0.15) is 0 Å². The first-order chi connectivity index (χ1) is 32.2. The van der Waals surface area contributed by atoms with Crippen LogP contribution in [0.2, 0.25) is 0 Å². The van der Waals surface area contributed by atoms with E-state index in [9.17, 15) is 0 Å². The van der Waals surface area contributed by atoms with Crippen molar-refractivity contribution < 1.29 is 4.42 Å². The van der Waals surface area contributed by atoms with E-state index in [4.69, 9.17) is 19.4 Å². The number of aromatic nitrogens is 3. The molecule has 0 fully saturated rings. The molecule has 0 bridgehead atoms. The molecule has 0 aliphatic rings. The molecular weight excluding hydrogens is 791 g/mol. The van der Waals surface area contributed by atoms with Crippen LogP contribution in [0.25, 0.3) is 143 Å². The third-order valence-corrected chi connectivity index (χ3v) is 13.4. The van der Waals surface area contributed by atoms with Crippen molar-refractivity contribution >= 4 is 86.6 Å². The highest BCUT2D eigenvalue weighted by molar-refractivity contribution is 6.37. The van der Waals surface area contributed by atoms with Crippen LogP contribution in [-0.4, -0.2) is 15.0 Å². The summed E-state index contributed by atoms with van der Waals surface area (Å²) in [6, 6.07) is 76.0. The molecule has 0 aliphatic carbocycles. The first-order valence-corrected chi connectivity index (χ1v) is 22.1. The van der Waals surface area contributed by atoms with Gasteiger partial charge in [-0.05, 0) is 111 Å². The van der Waals surface area contributed by atoms with Crippen LogP contribution in [0.5, 0.6) is 0 Å². The molecule has 0 amide bonds. The third-order valence-electron chi connectivity index (χ3n) is 13.4. The molecule has 0 saturated carbocycles. The highest BCUT2D eigenvalue weighted by atomic mass is 16.3. The van der Waals surface area contributed by atoms with Crippen LogP contribution in [0, 0.1) is 0 Å². The zero-order valence-electron chi connectivity index (χ0n) is 35.0. The van der Waals surface area contributed by atoms with E-state index < -0.39 is 0 Å². The number of rotatable bonds is 5. The Hall–Kier alpha value is -8.73. The normalized spacial score (nSPS) is 12.0. The Morgan fingerprint density at radius 3 is 1.42 bits per heavy atom. The Morgan fingerprint density at radius 2 is 0.723 bits per heavy atom. The van der Waals surface area contributed by atoms with Gasteiger partial charge in [0.05, 0.1) is 5.56 Å². The summed E-state index contributed by atoms with van der Waals surface area (Å²) in [5.74, 6) is 1.74.